The van der Waals surface area contributed by atoms with Crippen LogP contribution in [0.25, 0.3) is 0 Å². The van der Waals surface area contributed by atoms with Crippen molar-refractivity contribution < 1.29 is 0 Å². The Labute approximate surface area is 100 Å². The number of allylic oxidation sites excluding steroid dienone is 1. The Bertz CT molecular complexity index is 314. The summed E-state index contributed by atoms with van der Waals surface area (Å²) in [7, 11) is 1.12. The van der Waals surface area contributed by atoms with Gasteiger partial charge in [-0.05, 0) is 43.7 Å². The number of rotatable bonds is 2. The van der Waals surface area contributed by atoms with Crippen molar-refractivity contribution >= 4 is 8.07 Å². The average molecular weight is 236 g/mol. The Morgan fingerprint density at radius 3 is 2.69 bits per heavy atom. The lowest BCUT2D eigenvalue weighted by Gasteiger charge is -2.36. The molecule has 2 nitrogen and oxygen atoms in total. The molecule has 0 amide bonds. The zero-order valence-electron chi connectivity index (χ0n) is 11.0. The van der Waals surface area contributed by atoms with Gasteiger partial charge in [0.05, 0.1) is 8.07 Å². The highest BCUT2D eigenvalue weighted by Crippen LogP contribution is 2.38. The molecule has 0 spiro atoms. The van der Waals surface area contributed by atoms with Crippen LogP contribution in [0.15, 0.2) is 24.0 Å². The second-order valence-corrected chi connectivity index (χ2v) is 11.5. The van der Waals surface area contributed by atoms with E-state index in [9.17, 15) is 0 Å². The fourth-order valence-corrected chi connectivity index (χ4v) is 4.87. The summed E-state index contributed by atoms with van der Waals surface area (Å²) >= 11 is 0. The van der Waals surface area contributed by atoms with E-state index in [0.29, 0.717) is 11.6 Å². The van der Waals surface area contributed by atoms with Crippen molar-refractivity contribution in [3.63, 3.8) is 0 Å². The van der Waals surface area contributed by atoms with Gasteiger partial charge in [-0.2, -0.15) is 0 Å². The Hall–Kier alpha value is -0.543. The standard InChI is InChI=1S/C13H24N2Si/c1-15-9-5-6-12(15)11-10-14-8-7-13(11)16(2,3)4/h7-8,10,12-14H,5-6,9H2,1-4H3/t12-,13?/m0/s1. The minimum absolute atomic E-state index is 0.675. The van der Waals surface area contributed by atoms with Crippen molar-refractivity contribution in [2.75, 3.05) is 13.6 Å². The number of likely N-dealkylation sites (N-methyl/N-ethyl adjacent to an activating group) is 1. The van der Waals surface area contributed by atoms with Gasteiger partial charge in [-0.3, -0.25) is 4.90 Å². The molecule has 2 aliphatic rings. The van der Waals surface area contributed by atoms with Gasteiger partial charge >= 0.3 is 0 Å². The fourth-order valence-electron chi connectivity index (χ4n) is 2.92. The molecule has 0 saturated carbocycles. The highest BCUT2D eigenvalue weighted by Gasteiger charge is 2.35. The number of dihydropyridines is 1. The van der Waals surface area contributed by atoms with Crippen LogP contribution in [0, 0.1) is 0 Å². The van der Waals surface area contributed by atoms with Crippen LogP contribution < -0.4 is 5.32 Å². The minimum atomic E-state index is -1.14. The third-order valence-corrected chi connectivity index (χ3v) is 6.22. The molecule has 0 bridgehead atoms. The molecular formula is C13H24N2Si. The second-order valence-electron chi connectivity index (χ2n) is 6.15. The monoisotopic (exact) mass is 236 g/mol. The van der Waals surface area contributed by atoms with E-state index in [4.69, 9.17) is 0 Å². The molecule has 0 aromatic carbocycles. The molecule has 0 aromatic rings. The summed E-state index contributed by atoms with van der Waals surface area (Å²) in [4.78, 5) is 2.51. The van der Waals surface area contributed by atoms with Gasteiger partial charge in [-0.15, -0.1) is 0 Å². The normalized spacial score (nSPS) is 31.4. The van der Waals surface area contributed by atoms with Crippen molar-refractivity contribution in [3.8, 4) is 0 Å². The zero-order chi connectivity index (χ0) is 11.8. The molecule has 0 aromatic heterocycles. The molecule has 16 heavy (non-hydrogen) atoms. The van der Waals surface area contributed by atoms with Crippen molar-refractivity contribution in [1.82, 2.24) is 10.2 Å². The summed E-state index contributed by atoms with van der Waals surface area (Å²) in [5, 5.41) is 3.29. The smallest absolute Gasteiger partial charge is 0.0563 e. The first-order chi connectivity index (χ1) is 7.50. The Morgan fingerprint density at radius 1 is 1.38 bits per heavy atom. The van der Waals surface area contributed by atoms with E-state index < -0.39 is 8.07 Å². The molecule has 1 N–H and O–H groups in total. The molecule has 2 heterocycles. The molecule has 1 fully saturated rings. The van der Waals surface area contributed by atoms with Crippen LogP contribution in [0.4, 0.5) is 0 Å². The van der Waals surface area contributed by atoms with Crippen molar-refractivity contribution in [2.24, 2.45) is 0 Å². The van der Waals surface area contributed by atoms with E-state index >= 15 is 0 Å². The van der Waals surface area contributed by atoms with Gasteiger partial charge in [-0.25, -0.2) is 0 Å². The van der Waals surface area contributed by atoms with Gasteiger partial charge in [-0.1, -0.05) is 25.7 Å². The van der Waals surface area contributed by atoms with E-state index in [2.05, 4.69) is 55.4 Å². The lowest BCUT2D eigenvalue weighted by molar-refractivity contribution is 0.340. The third kappa shape index (κ3) is 2.25. The van der Waals surface area contributed by atoms with Crippen LogP contribution in [0.5, 0.6) is 0 Å². The van der Waals surface area contributed by atoms with Crippen LogP contribution in [-0.2, 0) is 0 Å². The Morgan fingerprint density at radius 2 is 2.12 bits per heavy atom. The molecule has 90 valence electrons. The lowest BCUT2D eigenvalue weighted by Crippen LogP contribution is -2.38. The van der Waals surface area contributed by atoms with Crippen LogP contribution >= 0.6 is 0 Å². The van der Waals surface area contributed by atoms with Crippen LogP contribution in [-0.4, -0.2) is 32.6 Å². The average Bonchev–Trinajstić information content (AvgIpc) is 2.63. The van der Waals surface area contributed by atoms with Crippen molar-refractivity contribution in [1.29, 1.82) is 0 Å². The molecule has 3 heteroatoms. The predicted octanol–water partition coefficient (Wildman–Crippen LogP) is 2.79. The summed E-state index contributed by atoms with van der Waals surface area (Å²) in [6, 6.07) is 0.675. The Kier molecular flexibility index (Phi) is 3.26. The van der Waals surface area contributed by atoms with Crippen LogP contribution in [0.3, 0.4) is 0 Å². The van der Waals surface area contributed by atoms with Crippen LogP contribution in [0.1, 0.15) is 12.8 Å². The maximum Gasteiger partial charge on any atom is 0.0563 e. The predicted molar refractivity (Wildman–Crippen MR) is 73.1 cm³/mol. The zero-order valence-corrected chi connectivity index (χ0v) is 12.0. The first-order valence-electron chi connectivity index (χ1n) is 6.33. The summed E-state index contributed by atoms with van der Waals surface area (Å²) in [5.74, 6) is 0. The maximum absolute atomic E-state index is 3.29. The fraction of sp³-hybridized carbons (Fsp3) is 0.692. The number of likely N-dealkylation sites (tertiary alicyclic amines) is 1. The van der Waals surface area contributed by atoms with E-state index in [1.165, 1.54) is 19.4 Å². The first-order valence-corrected chi connectivity index (χ1v) is 9.91. The molecule has 1 unspecified atom stereocenters. The highest BCUT2D eigenvalue weighted by atomic mass is 28.3. The lowest BCUT2D eigenvalue weighted by atomic mass is 10.0. The molecule has 2 atom stereocenters. The topological polar surface area (TPSA) is 15.3 Å². The summed E-state index contributed by atoms with van der Waals surface area (Å²) in [6.45, 7) is 8.66. The van der Waals surface area contributed by atoms with E-state index in [-0.39, 0.29) is 0 Å². The van der Waals surface area contributed by atoms with Gasteiger partial charge in [0.2, 0.25) is 0 Å². The molecular weight excluding hydrogens is 212 g/mol. The van der Waals surface area contributed by atoms with E-state index in [0.717, 1.165) is 0 Å². The van der Waals surface area contributed by atoms with Crippen LogP contribution in [0.2, 0.25) is 25.2 Å². The molecule has 0 aliphatic carbocycles. The van der Waals surface area contributed by atoms with Crippen molar-refractivity contribution in [3.05, 3.63) is 24.0 Å². The summed E-state index contributed by atoms with van der Waals surface area (Å²) in [5.41, 5.74) is 2.33. The second kappa shape index (κ2) is 4.38. The molecule has 2 aliphatic heterocycles. The van der Waals surface area contributed by atoms with E-state index in [1.54, 1.807) is 5.57 Å². The largest absolute Gasteiger partial charge is 0.368 e. The third-order valence-electron chi connectivity index (χ3n) is 3.83. The maximum atomic E-state index is 3.29. The van der Waals surface area contributed by atoms with Gasteiger partial charge in [0.25, 0.3) is 0 Å². The van der Waals surface area contributed by atoms with E-state index in [1.807, 2.05) is 0 Å². The van der Waals surface area contributed by atoms with Gasteiger partial charge in [0.15, 0.2) is 0 Å². The highest BCUT2D eigenvalue weighted by molar-refractivity contribution is 6.78. The minimum Gasteiger partial charge on any atom is -0.368 e. The Balaban J connectivity index is 2.21. The number of nitrogens with one attached hydrogen (secondary N) is 1. The molecule has 2 rings (SSSR count). The van der Waals surface area contributed by atoms with Gasteiger partial charge < -0.3 is 5.32 Å². The van der Waals surface area contributed by atoms with Gasteiger partial charge in [0, 0.05) is 12.2 Å². The van der Waals surface area contributed by atoms with Gasteiger partial charge in [0.1, 0.15) is 0 Å². The van der Waals surface area contributed by atoms with Crippen molar-refractivity contribution in [2.45, 2.75) is 44.1 Å². The molecule has 0 radical (unpaired) electrons. The summed E-state index contributed by atoms with van der Waals surface area (Å²) < 4.78 is 0. The summed E-state index contributed by atoms with van der Waals surface area (Å²) in [6.07, 6.45) is 9.43. The first kappa shape index (κ1) is 11.9. The number of hydrogen-bond acceptors (Lipinski definition) is 2. The molecule has 1 saturated heterocycles. The quantitative estimate of drug-likeness (QED) is 0.742. The SMILES string of the molecule is CN1CCC[C@H]1C1=CNC=CC1[Si](C)(C)C. The number of nitrogens with zero attached hydrogens (tertiary/aromatic N) is 1. The number of hydrogen-bond donors (Lipinski definition) is 1.